The van der Waals surface area contributed by atoms with Crippen molar-refractivity contribution in [1.82, 2.24) is 0 Å². The molecule has 3 aromatic rings. The van der Waals surface area contributed by atoms with E-state index in [1.807, 2.05) is 43.3 Å². The molecule has 0 atom stereocenters. The number of anilines is 2. The van der Waals surface area contributed by atoms with E-state index in [4.69, 9.17) is 0 Å². The molecule has 0 saturated heterocycles. The number of aryl methyl sites for hydroxylation is 1. The fraction of sp³-hybridized carbons (Fsp3) is 0.0526. The minimum absolute atomic E-state index is 0.0121. The highest BCUT2D eigenvalue weighted by atomic mass is 16.3. The Kier molecular flexibility index (Phi) is 4.16. The standard InChI is InChI=1S/C19H16N2O3/c1-12-9-10-13-5-2-3-8-16(13)17(12)21-19(24)18(23)20-14-6-4-7-15(22)11-14/h2-11,22H,1H3,(H,20,23)(H,21,24). The molecule has 3 rings (SSSR count). The molecule has 0 fully saturated rings. The molecule has 0 unspecified atom stereocenters. The largest absolute Gasteiger partial charge is 0.508 e. The predicted octanol–water partition coefficient (Wildman–Crippen LogP) is 3.43. The van der Waals surface area contributed by atoms with Crippen molar-refractivity contribution in [2.45, 2.75) is 6.92 Å². The maximum Gasteiger partial charge on any atom is 0.314 e. The zero-order chi connectivity index (χ0) is 17.1. The van der Waals surface area contributed by atoms with E-state index in [2.05, 4.69) is 10.6 Å². The summed E-state index contributed by atoms with van der Waals surface area (Å²) in [6, 6.07) is 17.5. The lowest BCUT2D eigenvalue weighted by molar-refractivity contribution is -0.132. The van der Waals surface area contributed by atoms with Crippen LogP contribution in [0.2, 0.25) is 0 Å². The van der Waals surface area contributed by atoms with Gasteiger partial charge in [0.05, 0.1) is 5.69 Å². The molecule has 3 N–H and O–H groups in total. The summed E-state index contributed by atoms with van der Waals surface area (Å²) < 4.78 is 0. The highest BCUT2D eigenvalue weighted by Gasteiger charge is 2.16. The summed E-state index contributed by atoms with van der Waals surface area (Å²) in [4.78, 5) is 24.3. The highest BCUT2D eigenvalue weighted by molar-refractivity contribution is 6.44. The lowest BCUT2D eigenvalue weighted by atomic mass is 10.0. The molecule has 5 heteroatoms. The van der Waals surface area contributed by atoms with Gasteiger partial charge in [-0.3, -0.25) is 9.59 Å². The average molecular weight is 320 g/mol. The molecule has 0 bridgehead atoms. The van der Waals surface area contributed by atoms with Gasteiger partial charge in [-0.1, -0.05) is 42.5 Å². The van der Waals surface area contributed by atoms with Crippen LogP contribution in [0, 0.1) is 6.92 Å². The highest BCUT2D eigenvalue weighted by Crippen LogP contribution is 2.27. The molecule has 2 amide bonds. The van der Waals surface area contributed by atoms with Crippen molar-refractivity contribution in [2.75, 3.05) is 10.6 Å². The number of rotatable bonds is 2. The van der Waals surface area contributed by atoms with Crippen LogP contribution >= 0.6 is 0 Å². The van der Waals surface area contributed by atoms with Crippen LogP contribution in [0.15, 0.2) is 60.7 Å². The SMILES string of the molecule is Cc1ccc2ccccc2c1NC(=O)C(=O)Nc1cccc(O)c1. The first-order valence-electron chi connectivity index (χ1n) is 7.44. The molecular weight excluding hydrogens is 304 g/mol. The number of carbonyl (C=O) groups is 2. The van der Waals surface area contributed by atoms with Gasteiger partial charge < -0.3 is 15.7 Å². The second-order valence-corrected chi connectivity index (χ2v) is 5.44. The topological polar surface area (TPSA) is 78.4 Å². The van der Waals surface area contributed by atoms with Crippen LogP contribution in [0.4, 0.5) is 11.4 Å². The molecule has 0 aliphatic carbocycles. The Hall–Kier alpha value is -3.34. The van der Waals surface area contributed by atoms with Crippen LogP contribution in [0.3, 0.4) is 0 Å². The summed E-state index contributed by atoms with van der Waals surface area (Å²) >= 11 is 0. The zero-order valence-corrected chi connectivity index (χ0v) is 13.0. The summed E-state index contributed by atoms with van der Waals surface area (Å²) in [7, 11) is 0. The van der Waals surface area contributed by atoms with Crippen LogP contribution in [-0.4, -0.2) is 16.9 Å². The Bertz CT molecular complexity index is 935. The van der Waals surface area contributed by atoms with Crippen LogP contribution in [0.25, 0.3) is 10.8 Å². The van der Waals surface area contributed by atoms with Crippen LogP contribution in [0.1, 0.15) is 5.56 Å². The Morgan fingerprint density at radius 1 is 0.875 bits per heavy atom. The molecule has 24 heavy (non-hydrogen) atoms. The lowest BCUT2D eigenvalue weighted by Crippen LogP contribution is -2.29. The molecule has 120 valence electrons. The van der Waals surface area contributed by atoms with Gasteiger partial charge in [0.2, 0.25) is 0 Å². The van der Waals surface area contributed by atoms with Crippen molar-refractivity contribution >= 4 is 34.0 Å². The van der Waals surface area contributed by atoms with E-state index in [0.717, 1.165) is 16.3 Å². The van der Waals surface area contributed by atoms with Crippen molar-refractivity contribution in [3.8, 4) is 5.75 Å². The van der Waals surface area contributed by atoms with Gasteiger partial charge in [-0.25, -0.2) is 0 Å². The van der Waals surface area contributed by atoms with E-state index >= 15 is 0 Å². The average Bonchev–Trinajstić information content (AvgIpc) is 2.57. The number of fused-ring (bicyclic) bond motifs is 1. The van der Waals surface area contributed by atoms with Gasteiger partial charge >= 0.3 is 11.8 Å². The first-order chi connectivity index (χ1) is 11.5. The minimum Gasteiger partial charge on any atom is -0.508 e. The molecule has 0 spiro atoms. The van der Waals surface area contributed by atoms with Crippen molar-refractivity contribution in [2.24, 2.45) is 0 Å². The molecule has 0 saturated carbocycles. The fourth-order valence-corrected chi connectivity index (χ4v) is 2.49. The molecule has 0 radical (unpaired) electrons. The van der Waals surface area contributed by atoms with Crippen LogP contribution in [-0.2, 0) is 9.59 Å². The number of aromatic hydroxyl groups is 1. The number of phenols is 1. The summed E-state index contributed by atoms with van der Waals surface area (Å²) in [5, 5.41) is 16.4. The summed E-state index contributed by atoms with van der Waals surface area (Å²) in [5.74, 6) is -1.55. The summed E-state index contributed by atoms with van der Waals surface area (Å²) in [6.45, 7) is 1.87. The third-order valence-corrected chi connectivity index (χ3v) is 3.69. The molecule has 0 aromatic heterocycles. The summed E-state index contributed by atoms with van der Waals surface area (Å²) in [5.41, 5.74) is 1.83. The molecular formula is C19H16N2O3. The third-order valence-electron chi connectivity index (χ3n) is 3.69. The van der Waals surface area contributed by atoms with Gasteiger partial charge in [0.25, 0.3) is 0 Å². The Labute approximate surface area is 138 Å². The van der Waals surface area contributed by atoms with E-state index in [1.54, 1.807) is 12.1 Å². The Balaban J connectivity index is 1.82. The van der Waals surface area contributed by atoms with Gasteiger partial charge in [0, 0.05) is 17.1 Å². The summed E-state index contributed by atoms with van der Waals surface area (Å²) in [6.07, 6.45) is 0. The first kappa shape index (κ1) is 15.6. The van der Waals surface area contributed by atoms with E-state index < -0.39 is 11.8 Å². The maximum absolute atomic E-state index is 12.2. The van der Waals surface area contributed by atoms with E-state index in [9.17, 15) is 14.7 Å². The molecule has 0 heterocycles. The van der Waals surface area contributed by atoms with E-state index in [-0.39, 0.29) is 5.75 Å². The maximum atomic E-state index is 12.2. The van der Waals surface area contributed by atoms with Crippen molar-refractivity contribution in [3.05, 3.63) is 66.2 Å². The number of carbonyl (C=O) groups excluding carboxylic acids is 2. The van der Waals surface area contributed by atoms with Gasteiger partial charge in [0.1, 0.15) is 5.75 Å². The van der Waals surface area contributed by atoms with Crippen LogP contribution in [0.5, 0.6) is 5.75 Å². The fourth-order valence-electron chi connectivity index (χ4n) is 2.49. The van der Waals surface area contributed by atoms with Gasteiger partial charge in [-0.05, 0) is 30.0 Å². The second-order valence-electron chi connectivity index (χ2n) is 5.44. The van der Waals surface area contributed by atoms with Crippen LogP contribution < -0.4 is 10.6 Å². The zero-order valence-electron chi connectivity index (χ0n) is 13.0. The van der Waals surface area contributed by atoms with Crippen molar-refractivity contribution < 1.29 is 14.7 Å². The lowest BCUT2D eigenvalue weighted by Gasteiger charge is -2.12. The smallest absolute Gasteiger partial charge is 0.314 e. The van der Waals surface area contributed by atoms with Gasteiger partial charge in [-0.2, -0.15) is 0 Å². The Morgan fingerprint density at radius 3 is 2.42 bits per heavy atom. The number of amides is 2. The molecule has 0 aliphatic rings. The first-order valence-corrected chi connectivity index (χ1v) is 7.44. The number of phenolic OH excluding ortho intramolecular Hbond substituents is 1. The number of nitrogens with one attached hydrogen (secondary N) is 2. The Morgan fingerprint density at radius 2 is 1.62 bits per heavy atom. The van der Waals surface area contributed by atoms with E-state index in [0.29, 0.717) is 11.4 Å². The minimum atomic E-state index is -0.798. The molecule has 0 aliphatic heterocycles. The van der Waals surface area contributed by atoms with Gasteiger partial charge in [0.15, 0.2) is 0 Å². The normalized spacial score (nSPS) is 10.4. The third kappa shape index (κ3) is 3.20. The van der Waals surface area contributed by atoms with E-state index in [1.165, 1.54) is 12.1 Å². The number of benzene rings is 3. The number of hydrogen-bond donors (Lipinski definition) is 3. The number of hydrogen-bond acceptors (Lipinski definition) is 3. The van der Waals surface area contributed by atoms with Gasteiger partial charge in [-0.15, -0.1) is 0 Å². The second kappa shape index (κ2) is 6.42. The molecule has 3 aromatic carbocycles. The predicted molar refractivity (Wildman–Crippen MR) is 94.1 cm³/mol. The quantitative estimate of drug-likeness (QED) is 0.633. The van der Waals surface area contributed by atoms with Crippen molar-refractivity contribution in [1.29, 1.82) is 0 Å². The van der Waals surface area contributed by atoms with Crippen molar-refractivity contribution in [3.63, 3.8) is 0 Å². The monoisotopic (exact) mass is 320 g/mol. The molecule has 5 nitrogen and oxygen atoms in total.